The third-order valence-corrected chi connectivity index (χ3v) is 5.82. The minimum Gasteiger partial charge on any atom is -0.465 e. The standard InChI is InChI=1S/C19H20Cl2N2O2/c1-23(18(24)25)19(10-13-5-3-2-4-6-13)12-22-11-15(19)14-7-8-16(20)17(21)9-14/h2-9,15,22H,10-12H2,1H3,(H,24,25)/t15-,19+/m1/s1. The Morgan fingerprint density at radius 3 is 2.60 bits per heavy atom. The SMILES string of the molecule is CN(C(=O)O)[C@@]1(Cc2ccccc2)CNC[C@@H]1c1ccc(Cl)c(Cl)c1. The summed E-state index contributed by atoms with van der Waals surface area (Å²) in [5, 5.41) is 14.1. The highest BCUT2D eigenvalue weighted by molar-refractivity contribution is 6.42. The molecule has 0 bridgehead atoms. The summed E-state index contributed by atoms with van der Waals surface area (Å²) >= 11 is 12.3. The normalized spacial score (nSPS) is 22.8. The highest BCUT2D eigenvalue weighted by Crippen LogP contribution is 2.40. The molecular formula is C19H20Cl2N2O2. The second kappa shape index (κ2) is 7.24. The topological polar surface area (TPSA) is 52.6 Å². The van der Waals surface area contributed by atoms with Gasteiger partial charge in [-0.05, 0) is 29.7 Å². The van der Waals surface area contributed by atoms with E-state index >= 15 is 0 Å². The van der Waals surface area contributed by atoms with E-state index in [2.05, 4.69) is 5.32 Å². The molecule has 1 heterocycles. The van der Waals surface area contributed by atoms with Crippen LogP contribution in [0.15, 0.2) is 48.5 Å². The Labute approximate surface area is 157 Å². The smallest absolute Gasteiger partial charge is 0.407 e. The van der Waals surface area contributed by atoms with Crippen LogP contribution in [0.1, 0.15) is 17.0 Å². The average molecular weight is 379 g/mol. The number of likely N-dealkylation sites (N-methyl/N-ethyl adjacent to an activating group) is 1. The molecule has 1 aliphatic heterocycles. The van der Waals surface area contributed by atoms with E-state index in [0.717, 1.165) is 11.1 Å². The first-order chi connectivity index (χ1) is 11.9. The molecule has 25 heavy (non-hydrogen) atoms. The van der Waals surface area contributed by atoms with Crippen LogP contribution in [-0.4, -0.2) is 41.8 Å². The van der Waals surface area contributed by atoms with Crippen LogP contribution >= 0.6 is 23.2 Å². The first kappa shape index (κ1) is 18.1. The van der Waals surface area contributed by atoms with E-state index < -0.39 is 11.6 Å². The molecule has 0 radical (unpaired) electrons. The van der Waals surface area contributed by atoms with Gasteiger partial charge >= 0.3 is 6.09 Å². The van der Waals surface area contributed by atoms with Crippen LogP contribution in [0, 0.1) is 0 Å². The minimum absolute atomic E-state index is 0.0245. The van der Waals surface area contributed by atoms with Gasteiger partial charge in [0.05, 0.1) is 15.6 Å². The van der Waals surface area contributed by atoms with Gasteiger partial charge in [-0.3, -0.25) is 0 Å². The summed E-state index contributed by atoms with van der Waals surface area (Å²) in [4.78, 5) is 13.3. The Bertz CT molecular complexity index is 769. The monoisotopic (exact) mass is 378 g/mol. The van der Waals surface area contributed by atoms with Gasteiger partial charge in [-0.2, -0.15) is 0 Å². The van der Waals surface area contributed by atoms with Crippen molar-refractivity contribution in [3.05, 3.63) is 69.7 Å². The van der Waals surface area contributed by atoms with E-state index in [1.54, 1.807) is 13.1 Å². The first-order valence-electron chi connectivity index (χ1n) is 8.10. The second-order valence-electron chi connectivity index (χ2n) is 6.46. The molecule has 2 atom stereocenters. The molecule has 0 aromatic heterocycles. The molecule has 1 aliphatic rings. The third kappa shape index (κ3) is 3.47. The van der Waals surface area contributed by atoms with Gasteiger partial charge in [0.25, 0.3) is 0 Å². The molecule has 0 spiro atoms. The van der Waals surface area contributed by atoms with E-state index in [0.29, 0.717) is 29.6 Å². The second-order valence-corrected chi connectivity index (χ2v) is 7.28. The number of hydrogen-bond donors (Lipinski definition) is 2. The largest absolute Gasteiger partial charge is 0.465 e. The third-order valence-electron chi connectivity index (χ3n) is 5.08. The Balaban J connectivity index is 2.05. The highest BCUT2D eigenvalue weighted by atomic mass is 35.5. The molecule has 3 rings (SSSR count). The Morgan fingerprint density at radius 2 is 1.96 bits per heavy atom. The van der Waals surface area contributed by atoms with Gasteiger partial charge in [0.1, 0.15) is 0 Å². The lowest BCUT2D eigenvalue weighted by Gasteiger charge is -2.42. The number of benzene rings is 2. The number of amides is 1. The van der Waals surface area contributed by atoms with Gasteiger partial charge < -0.3 is 15.3 Å². The molecule has 6 heteroatoms. The van der Waals surface area contributed by atoms with Crippen molar-refractivity contribution in [2.75, 3.05) is 20.1 Å². The Hall–Kier alpha value is -1.75. The van der Waals surface area contributed by atoms with E-state index in [-0.39, 0.29) is 5.92 Å². The number of carboxylic acid groups (broad SMARTS) is 1. The highest BCUT2D eigenvalue weighted by Gasteiger charge is 2.48. The molecule has 132 valence electrons. The van der Waals surface area contributed by atoms with Gasteiger partial charge in [0.2, 0.25) is 0 Å². The lowest BCUT2D eigenvalue weighted by Crippen LogP contribution is -2.55. The average Bonchev–Trinajstić information content (AvgIpc) is 3.02. The van der Waals surface area contributed by atoms with Crippen LogP contribution in [-0.2, 0) is 6.42 Å². The number of nitrogens with zero attached hydrogens (tertiary/aromatic N) is 1. The number of hydrogen-bond acceptors (Lipinski definition) is 2. The van der Waals surface area contributed by atoms with Crippen LogP contribution in [0.25, 0.3) is 0 Å². The van der Waals surface area contributed by atoms with Crippen LogP contribution in [0.4, 0.5) is 4.79 Å². The van der Waals surface area contributed by atoms with Crippen molar-refractivity contribution in [1.82, 2.24) is 10.2 Å². The van der Waals surface area contributed by atoms with Gasteiger partial charge in [0.15, 0.2) is 0 Å². The molecule has 0 unspecified atom stereocenters. The van der Waals surface area contributed by atoms with Gasteiger partial charge in [0, 0.05) is 26.1 Å². The number of carbonyl (C=O) groups is 1. The van der Waals surface area contributed by atoms with Crippen molar-refractivity contribution in [2.24, 2.45) is 0 Å². The predicted octanol–water partition coefficient (Wildman–Crippen LogP) is 4.27. The van der Waals surface area contributed by atoms with Crippen LogP contribution in [0.5, 0.6) is 0 Å². The van der Waals surface area contributed by atoms with Gasteiger partial charge in [-0.25, -0.2) is 4.79 Å². The summed E-state index contributed by atoms with van der Waals surface area (Å²) in [5.74, 6) is -0.0245. The lowest BCUT2D eigenvalue weighted by molar-refractivity contribution is 0.0930. The van der Waals surface area contributed by atoms with Crippen molar-refractivity contribution in [3.8, 4) is 0 Å². The molecule has 4 nitrogen and oxygen atoms in total. The summed E-state index contributed by atoms with van der Waals surface area (Å²) in [5.41, 5.74) is 1.50. The zero-order valence-electron chi connectivity index (χ0n) is 13.9. The number of halogens is 2. The molecule has 2 aromatic rings. The molecule has 1 amide bonds. The van der Waals surface area contributed by atoms with Crippen molar-refractivity contribution in [2.45, 2.75) is 17.9 Å². The maximum atomic E-state index is 11.8. The molecule has 0 aliphatic carbocycles. The van der Waals surface area contributed by atoms with Crippen LogP contribution < -0.4 is 5.32 Å². The quantitative estimate of drug-likeness (QED) is 0.834. The predicted molar refractivity (Wildman–Crippen MR) is 101 cm³/mol. The Morgan fingerprint density at radius 1 is 1.24 bits per heavy atom. The molecule has 0 saturated carbocycles. The number of rotatable bonds is 4. The summed E-state index contributed by atoms with van der Waals surface area (Å²) in [7, 11) is 1.64. The zero-order chi connectivity index (χ0) is 18.0. The Kier molecular flexibility index (Phi) is 5.23. The van der Waals surface area contributed by atoms with Gasteiger partial charge in [-0.1, -0.05) is 59.6 Å². The van der Waals surface area contributed by atoms with Crippen molar-refractivity contribution < 1.29 is 9.90 Å². The fraction of sp³-hybridized carbons (Fsp3) is 0.316. The molecule has 1 fully saturated rings. The molecular weight excluding hydrogens is 359 g/mol. The maximum absolute atomic E-state index is 11.8. The summed E-state index contributed by atoms with van der Waals surface area (Å²) in [6.07, 6.45) is -0.321. The van der Waals surface area contributed by atoms with Crippen LogP contribution in [0.2, 0.25) is 10.0 Å². The van der Waals surface area contributed by atoms with Crippen molar-refractivity contribution >= 4 is 29.3 Å². The molecule has 1 saturated heterocycles. The summed E-state index contributed by atoms with van der Waals surface area (Å²) in [6.45, 7) is 1.26. The first-order valence-corrected chi connectivity index (χ1v) is 8.86. The zero-order valence-corrected chi connectivity index (χ0v) is 15.4. The van der Waals surface area contributed by atoms with Gasteiger partial charge in [-0.15, -0.1) is 0 Å². The number of nitrogens with one attached hydrogen (secondary N) is 1. The lowest BCUT2D eigenvalue weighted by atomic mass is 9.76. The van der Waals surface area contributed by atoms with Crippen molar-refractivity contribution in [1.29, 1.82) is 0 Å². The minimum atomic E-state index is -0.940. The summed E-state index contributed by atoms with van der Waals surface area (Å²) in [6, 6.07) is 15.5. The molecule has 2 aromatic carbocycles. The van der Waals surface area contributed by atoms with E-state index in [1.165, 1.54) is 4.90 Å². The van der Waals surface area contributed by atoms with E-state index in [1.807, 2.05) is 42.5 Å². The fourth-order valence-electron chi connectivity index (χ4n) is 3.70. The fourth-order valence-corrected chi connectivity index (χ4v) is 4.01. The van der Waals surface area contributed by atoms with E-state index in [4.69, 9.17) is 23.2 Å². The maximum Gasteiger partial charge on any atom is 0.407 e. The summed E-state index contributed by atoms with van der Waals surface area (Å²) < 4.78 is 0. The van der Waals surface area contributed by atoms with E-state index in [9.17, 15) is 9.90 Å². The van der Waals surface area contributed by atoms with Crippen LogP contribution in [0.3, 0.4) is 0 Å². The molecule has 2 N–H and O–H groups in total. The van der Waals surface area contributed by atoms with Crippen molar-refractivity contribution in [3.63, 3.8) is 0 Å².